The molecule has 4 aromatic rings. The van der Waals surface area contributed by atoms with E-state index in [0.29, 0.717) is 29.1 Å². The van der Waals surface area contributed by atoms with Crippen LogP contribution in [0.25, 0.3) is 5.52 Å². The molecule has 1 aliphatic carbocycles. The second-order valence-corrected chi connectivity index (χ2v) is 11.5. The predicted octanol–water partition coefficient (Wildman–Crippen LogP) is 5.67. The van der Waals surface area contributed by atoms with E-state index in [-0.39, 0.29) is 22.9 Å². The van der Waals surface area contributed by atoms with E-state index >= 15 is 0 Å². The molecule has 0 spiro atoms. The molecule has 204 valence electrons. The van der Waals surface area contributed by atoms with Gasteiger partial charge in [0.2, 0.25) is 5.89 Å². The van der Waals surface area contributed by atoms with E-state index < -0.39 is 11.6 Å². The molecular weight excluding hydrogens is 502 g/mol. The lowest BCUT2D eigenvalue weighted by atomic mass is 9.68. The van der Waals surface area contributed by atoms with E-state index in [4.69, 9.17) is 4.52 Å². The zero-order valence-electron chi connectivity index (χ0n) is 22.4. The Morgan fingerprint density at radius 3 is 2.67 bits per heavy atom. The molecule has 1 saturated heterocycles. The molecule has 3 aromatic heterocycles. The van der Waals surface area contributed by atoms with Crippen LogP contribution in [0.2, 0.25) is 0 Å². The third-order valence-corrected chi connectivity index (χ3v) is 8.59. The Hall–Kier alpha value is -3.82. The zero-order valence-corrected chi connectivity index (χ0v) is 22.4. The number of nitrogens with zero attached hydrogens (tertiary/aromatic N) is 5. The zero-order chi connectivity index (χ0) is 27.4. The molecule has 1 amide bonds. The van der Waals surface area contributed by atoms with Crippen LogP contribution in [0.1, 0.15) is 86.1 Å². The van der Waals surface area contributed by atoms with Crippen molar-refractivity contribution in [3.05, 3.63) is 77.2 Å². The average molecular weight is 535 g/mol. The second-order valence-electron chi connectivity index (χ2n) is 11.5. The molecule has 10 heteroatoms. The molecule has 1 N–H and O–H groups in total. The highest BCUT2D eigenvalue weighted by Crippen LogP contribution is 2.42. The van der Waals surface area contributed by atoms with Gasteiger partial charge in [0.15, 0.2) is 5.82 Å². The fourth-order valence-electron chi connectivity index (χ4n) is 6.08. The first-order valence-electron chi connectivity index (χ1n) is 13.5. The van der Waals surface area contributed by atoms with E-state index in [1.807, 2.05) is 12.1 Å². The first kappa shape index (κ1) is 25.5. The molecule has 1 atom stereocenters. The van der Waals surface area contributed by atoms with E-state index in [2.05, 4.69) is 39.3 Å². The highest BCUT2D eigenvalue weighted by atomic mass is 19.1. The van der Waals surface area contributed by atoms with Gasteiger partial charge in [-0.3, -0.25) is 4.79 Å². The molecule has 0 bridgehead atoms. The fraction of sp³-hybridized carbons (Fsp3) is 0.448. The van der Waals surface area contributed by atoms with Crippen LogP contribution in [0.15, 0.2) is 47.2 Å². The van der Waals surface area contributed by atoms with Crippen molar-refractivity contribution < 1.29 is 18.1 Å². The second kappa shape index (κ2) is 9.43. The molecule has 2 fully saturated rings. The van der Waals surface area contributed by atoms with E-state index in [1.165, 1.54) is 12.1 Å². The topological polar surface area (TPSA) is 88.6 Å². The number of anilines is 1. The number of hydrogen-bond donors (Lipinski definition) is 1. The molecule has 6 rings (SSSR count). The maximum Gasteiger partial charge on any atom is 0.255 e. The summed E-state index contributed by atoms with van der Waals surface area (Å²) in [6.45, 7) is 6.72. The maximum absolute atomic E-state index is 14.6. The largest absolute Gasteiger partial charge is 0.364 e. The summed E-state index contributed by atoms with van der Waals surface area (Å²) in [4.78, 5) is 20.0. The summed E-state index contributed by atoms with van der Waals surface area (Å²) < 4.78 is 35.4. The third kappa shape index (κ3) is 4.66. The molecule has 0 unspecified atom stereocenters. The number of aromatic nitrogens is 4. The number of aryl methyl sites for hydroxylation is 1. The lowest BCUT2D eigenvalue weighted by Crippen LogP contribution is -2.50. The van der Waals surface area contributed by atoms with Gasteiger partial charge < -0.3 is 14.7 Å². The van der Waals surface area contributed by atoms with Crippen molar-refractivity contribution in [3.8, 4) is 0 Å². The van der Waals surface area contributed by atoms with Crippen LogP contribution >= 0.6 is 0 Å². The van der Waals surface area contributed by atoms with Crippen molar-refractivity contribution in [2.75, 3.05) is 11.4 Å². The standard InChI is InChI=1S/C29H32F2N6O2/c1-18-33-27(35-39-18)28(2)9-11-29(3,12-10-28)34-26(38)22-17-32-37-14-8-20(16-25(22)37)36-13-4-5-24(36)21-15-19(30)6-7-23(21)31/h6-8,14-17,24H,4-5,9-13H2,1-3H3,(H,34,38)/t24-,28?,29?/m1/s1. The molecule has 1 aliphatic heterocycles. The molecule has 39 heavy (non-hydrogen) atoms. The van der Waals surface area contributed by atoms with Crippen molar-refractivity contribution in [3.63, 3.8) is 0 Å². The lowest BCUT2D eigenvalue weighted by Gasteiger charge is -2.42. The van der Waals surface area contributed by atoms with Gasteiger partial charge >= 0.3 is 0 Å². The number of carbonyl (C=O) groups excluding carboxylic acids is 1. The summed E-state index contributed by atoms with van der Waals surface area (Å²) in [6.07, 6.45) is 8.19. The summed E-state index contributed by atoms with van der Waals surface area (Å²) in [5.74, 6) is 0.235. The number of fused-ring (bicyclic) bond motifs is 1. The van der Waals surface area contributed by atoms with Crippen LogP contribution in [0.3, 0.4) is 0 Å². The minimum Gasteiger partial charge on any atom is -0.364 e. The summed E-state index contributed by atoms with van der Waals surface area (Å²) in [6, 6.07) is 7.14. The van der Waals surface area contributed by atoms with Gasteiger partial charge in [0, 0.05) is 41.9 Å². The van der Waals surface area contributed by atoms with Crippen molar-refractivity contribution >= 4 is 17.1 Å². The van der Waals surface area contributed by atoms with Crippen LogP contribution in [0, 0.1) is 18.6 Å². The molecule has 4 heterocycles. The number of halogens is 2. The number of nitrogens with one attached hydrogen (secondary N) is 1. The number of hydrogen-bond acceptors (Lipinski definition) is 6. The van der Waals surface area contributed by atoms with Gasteiger partial charge in [-0.25, -0.2) is 13.3 Å². The molecule has 1 saturated carbocycles. The summed E-state index contributed by atoms with van der Waals surface area (Å²) in [7, 11) is 0. The predicted molar refractivity (Wildman–Crippen MR) is 142 cm³/mol. The number of benzene rings is 1. The number of carbonyl (C=O) groups is 1. The number of amides is 1. The monoisotopic (exact) mass is 534 g/mol. The Balaban J connectivity index is 1.22. The third-order valence-electron chi connectivity index (χ3n) is 8.59. The minimum absolute atomic E-state index is 0.183. The van der Waals surface area contributed by atoms with Gasteiger partial charge in [0.25, 0.3) is 5.91 Å². The summed E-state index contributed by atoms with van der Waals surface area (Å²) in [5.41, 5.74) is 1.78. The quantitative estimate of drug-likeness (QED) is 0.355. The van der Waals surface area contributed by atoms with Crippen molar-refractivity contribution in [1.82, 2.24) is 25.1 Å². The molecular formula is C29H32F2N6O2. The fourth-order valence-corrected chi connectivity index (χ4v) is 6.08. The average Bonchev–Trinajstić information content (AvgIpc) is 3.67. The minimum atomic E-state index is -0.452. The van der Waals surface area contributed by atoms with Crippen LogP contribution < -0.4 is 10.2 Å². The van der Waals surface area contributed by atoms with Crippen LogP contribution in [-0.2, 0) is 5.41 Å². The molecule has 0 radical (unpaired) electrons. The number of pyridine rings is 1. The summed E-state index contributed by atoms with van der Waals surface area (Å²) in [5, 5.41) is 11.8. The SMILES string of the molecule is Cc1nc(C2(C)CCC(C)(NC(=O)c3cnn4ccc(N5CCC[C@@H]5c5cc(F)ccc5F)cc34)CC2)no1. The van der Waals surface area contributed by atoms with Crippen LogP contribution in [-0.4, -0.2) is 37.7 Å². The van der Waals surface area contributed by atoms with Crippen molar-refractivity contribution in [1.29, 1.82) is 0 Å². The van der Waals surface area contributed by atoms with E-state index in [0.717, 1.165) is 56.1 Å². The summed E-state index contributed by atoms with van der Waals surface area (Å²) >= 11 is 0. The Morgan fingerprint density at radius 1 is 1.13 bits per heavy atom. The Kier molecular flexibility index (Phi) is 6.15. The van der Waals surface area contributed by atoms with Gasteiger partial charge in [-0.2, -0.15) is 10.1 Å². The highest BCUT2D eigenvalue weighted by molar-refractivity contribution is 6.01. The van der Waals surface area contributed by atoms with E-state index in [1.54, 1.807) is 23.8 Å². The lowest BCUT2D eigenvalue weighted by molar-refractivity contribution is 0.0856. The van der Waals surface area contributed by atoms with Gasteiger partial charge in [-0.15, -0.1) is 0 Å². The first-order valence-corrected chi connectivity index (χ1v) is 13.5. The van der Waals surface area contributed by atoms with E-state index in [9.17, 15) is 13.6 Å². The van der Waals surface area contributed by atoms with Crippen LogP contribution in [0.5, 0.6) is 0 Å². The smallest absolute Gasteiger partial charge is 0.255 e. The Labute approximate surface area is 225 Å². The first-order chi connectivity index (χ1) is 18.6. The molecule has 1 aromatic carbocycles. The molecule has 8 nitrogen and oxygen atoms in total. The highest BCUT2D eigenvalue weighted by Gasteiger charge is 2.42. The Bertz CT molecular complexity index is 1540. The Morgan fingerprint density at radius 2 is 1.92 bits per heavy atom. The van der Waals surface area contributed by atoms with Crippen LogP contribution in [0.4, 0.5) is 14.5 Å². The van der Waals surface area contributed by atoms with Crippen molar-refractivity contribution in [2.24, 2.45) is 0 Å². The maximum atomic E-state index is 14.6. The van der Waals surface area contributed by atoms with Gasteiger partial charge in [0.05, 0.1) is 23.3 Å². The normalized spacial score (nSPS) is 25.4. The van der Waals surface area contributed by atoms with Gasteiger partial charge in [0.1, 0.15) is 11.6 Å². The molecule has 2 aliphatic rings. The van der Waals surface area contributed by atoms with Gasteiger partial charge in [-0.05, 0) is 75.8 Å². The number of rotatable bonds is 5. The van der Waals surface area contributed by atoms with Gasteiger partial charge in [-0.1, -0.05) is 12.1 Å². The van der Waals surface area contributed by atoms with Crippen molar-refractivity contribution in [2.45, 2.75) is 76.3 Å².